The molecule has 120 valence electrons. The number of hydrogen-bond donors (Lipinski definition) is 0. The van der Waals surface area contributed by atoms with Crippen LogP contribution in [0, 0.1) is 20.8 Å². The van der Waals surface area contributed by atoms with Crippen molar-refractivity contribution >= 4 is 17.1 Å². The van der Waals surface area contributed by atoms with E-state index in [1.54, 1.807) is 0 Å². The van der Waals surface area contributed by atoms with E-state index in [-0.39, 0.29) is 5.41 Å². The molecule has 1 atom stereocenters. The van der Waals surface area contributed by atoms with Crippen molar-refractivity contribution in [1.82, 2.24) is 0 Å². The van der Waals surface area contributed by atoms with Crippen LogP contribution in [-0.2, 0) is 5.41 Å². The first-order valence-electron chi connectivity index (χ1n) is 8.53. The summed E-state index contributed by atoms with van der Waals surface area (Å²) in [6.45, 7) is 13.8. The predicted molar refractivity (Wildman–Crippen MR) is 99.2 cm³/mol. The third-order valence-corrected chi connectivity index (χ3v) is 6.28. The van der Waals surface area contributed by atoms with Crippen molar-refractivity contribution in [3.63, 3.8) is 0 Å². The lowest BCUT2D eigenvalue weighted by molar-refractivity contribution is 0.614. The third kappa shape index (κ3) is 1.59. The molecule has 4 rings (SSSR count). The zero-order chi connectivity index (χ0) is 16.7. The summed E-state index contributed by atoms with van der Waals surface area (Å²) in [6.07, 6.45) is 0.349. The van der Waals surface area contributed by atoms with Gasteiger partial charge in [0, 0.05) is 12.5 Å². The summed E-state index contributed by atoms with van der Waals surface area (Å²) in [6, 6.07) is 9.19. The van der Waals surface area contributed by atoms with Crippen molar-refractivity contribution in [3.05, 3.63) is 52.1 Å². The highest BCUT2D eigenvalue weighted by Crippen LogP contribution is 2.57. The molecule has 2 nitrogen and oxygen atoms in total. The van der Waals surface area contributed by atoms with Crippen molar-refractivity contribution < 1.29 is 0 Å². The number of fused-ring (bicyclic) bond motifs is 2. The third-order valence-electron chi connectivity index (χ3n) is 6.28. The standard InChI is InChI=1S/C21H26N2/c1-12-11-17-19(14(3)13(12)2)23-15(4)22(7)18-10-8-9-16(20(18)23)21(17,5)6/h8-11,15H,1-7H3/t15-/m1/s1. The molecule has 2 aliphatic heterocycles. The number of para-hydroxylation sites is 1. The molecule has 0 bridgehead atoms. The molecule has 0 fully saturated rings. The Bertz CT molecular complexity index is 832. The molecule has 2 heteroatoms. The van der Waals surface area contributed by atoms with Crippen molar-refractivity contribution in [3.8, 4) is 0 Å². The number of rotatable bonds is 0. The van der Waals surface area contributed by atoms with Gasteiger partial charge in [0.2, 0.25) is 0 Å². The van der Waals surface area contributed by atoms with Gasteiger partial charge in [-0.2, -0.15) is 0 Å². The van der Waals surface area contributed by atoms with Gasteiger partial charge in [-0.15, -0.1) is 0 Å². The summed E-state index contributed by atoms with van der Waals surface area (Å²) in [5.74, 6) is 0. The van der Waals surface area contributed by atoms with Crippen molar-refractivity contribution in [1.29, 1.82) is 0 Å². The van der Waals surface area contributed by atoms with Gasteiger partial charge >= 0.3 is 0 Å². The van der Waals surface area contributed by atoms with Gasteiger partial charge in [-0.1, -0.05) is 32.0 Å². The first kappa shape index (κ1) is 14.6. The average Bonchev–Trinajstić information content (AvgIpc) is 2.76. The maximum absolute atomic E-state index is 2.56. The van der Waals surface area contributed by atoms with E-state index in [4.69, 9.17) is 0 Å². The molecule has 0 N–H and O–H groups in total. The molecule has 0 spiro atoms. The largest absolute Gasteiger partial charge is 0.353 e. The molecule has 0 saturated heterocycles. The Morgan fingerprint density at radius 3 is 2.35 bits per heavy atom. The number of nitrogens with zero attached hydrogens (tertiary/aromatic N) is 2. The second kappa shape index (κ2) is 4.31. The summed E-state index contributed by atoms with van der Waals surface area (Å²) < 4.78 is 0. The molecule has 0 amide bonds. The molecule has 2 aromatic rings. The molecule has 0 aliphatic carbocycles. The van der Waals surface area contributed by atoms with E-state index >= 15 is 0 Å². The molecule has 0 aromatic heterocycles. The van der Waals surface area contributed by atoms with E-state index in [0.29, 0.717) is 6.17 Å². The molecule has 0 saturated carbocycles. The zero-order valence-corrected chi connectivity index (χ0v) is 15.3. The fourth-order valence-electron chi connectivity index (χ4n) is 4.43. The zero-order valence-electron chi connectivity index (χ0n) is 15.3. The Morgan fingerprint density at radius 2 is 1.65 bits per heavy atom. The molecule has 2 aliphatic rings. The van der Waals surface area contributed by atoms with Gasteiger partial charge in [-0.05, 0) is 61.6 Å². The summed E-state index contributed by atoms with van der Waals surface area (Å²) >= 11 is 0. The lowest BCUT2D eigenvalue weighted by Crippen LogP contribution is -2.40. The smallest absolute Gasteiger partial charge is 0.103 e. The van der Waals surface area contributed by atoms with Gasteiger partial charge in [-0.3, -0.25) is 0 Å². The molecule has 0 unspecified atom stereocenters. The average molecular weight is 306 g/mol. The second-order valence-corrected chi connectivity index (χ2v) is 7.75. The van der Waals surface area contributed by atoms with Crippen LogP contribution in [0.4, 0.5) is 17.1 Å². The molecular formula is C21H26N2. The predicted octanol–water partition coefficient (Wildman–Crippen LogP) is 5.19. The fraction of sp³-hybridized carbons (Fsp3) is 0.429. The highest BCUT2D eigenvalue weighted by atomic mass is 15.4. The van der Waals surface area contributed by atoms with Gasteiger partial charge in [0.1, 0.15) is 6.17 Å². The van der Waals surface area contributed by atoms with Crippen LogP contribution >= 0.6 is 0 Å². The van der Waals surface area contributed by atoms with E-state index in [1.807, 2.05) is 0 Å². The highest BCUT2D eigenvalue weighted by Gasteiger charge is 2.44. The Hall–Kier alpha value is -1.96. The Morgan fingerprint density at radius 1 is 0.957 bits per heavy atom. The van der Waals surface area contributed by atoms with Crippen molar-refractivity contribution in [2.45, 2.75) is 53.1 Å². The maximum Gasteiger partial charge on any atom is 0.103 e. The van der Waals surface area contributed by atoms with E-state index in [2.05, 4.69) is 82.7 Å². The number of anilines is 3. The number of benzene rings is 2. The lowest BCUT2D eigenvalue weighted by Gasteiger charge is -2.42. The van der Waals surface area contributed by atoms with E-state index in [9.17, 15) is 0 Å². The topological polar surface area (TPSA) is 6.48 Å². The number of hydrogen-bond acceptors (Lipinski definition) is 2. The lowest BCUT2D eigenvalue weighted by atomic mass is 9.72. The Balaban J connectivity index is 2.15. The van der Waals surface area contributed by atoms with Crippen LogP contribution in [0.15, 0.2) is 24.3 Å². The first-order valence-corrected chi connectivity index (χ1v) is 8.53. The molecule has 2 heterocycles. The van der Waals surface area contributed by atoms with E-state index < -0.39 is 0 Å². The highest BCUT2D eigenvalue weighted by molar-refractivity contribution is 5.92. The maximum atomic E-state index is 2.56. The van der Waals surface area contributed by atoms with E-state index in [0.717, 1.165) is 0 Å². The van der Waals surface area contributed by atoms with Crippen LogP contribution in [0.5, 0.6) is 0 Å². The van der Waals surface area contributed by atoms with Crippen LogP contribution < -0.4 is 9.80 Å². The van der Waals surface area contributed by atoms with Gasteiger partial charge in [0.05, 0.1) is 17.1 Å². The molecule has 2 aromatic carbocycles. The van der Waals surface area contributed by atoms with Crippen LogP contribution in [0.1, 0.15) is 48.6 Å². The quantitative estimate of drug-likeness (QED) is 0.661. The Labute approximate surface area is 139 Å². The van der Waals surface area contributed by atoms with Crippen LogP contribution in [-0.4, -0.2) is 13.2 Å². The minimum absolute atomic E-state index is 0.0330. The minimum atomic E-state index is 0.0330. The van der Waals surface area contributed by atoms with Crippen molar-refractivity contribution in [2.75, 3.05) is 16.8 Å². The van der Waals surface area contributed by atoms with Crippen LogP contribution in [0.2, 0.25) is 0 Å². The first-order chi connectivity index (χ1) is 10.8. The van der Waals surface area contributed by atoms with Gasteiger partial charge in [0.25, 0.3) is 0 Å². The number of aryl methyl sites for hydroxylation is 1. The monoisotopic (exact) mass is 306 g/mol. The van der Waals surface area contributed by atoms with Gasteiger partial charge in [0.15, 0.2) is 0 Å². The molecular weight excluding hydrogens is 280 g/mol. The summed E-state index contributed by atoms with van der Waals surface area (Å²) in [4.78, 5) is 4.96. The fourth-order valence-corrected chi connectivity index (χ4v) is 4.43. The van der Waals surface area contributed by atoms with Gasteiger partial charge < -0.3 is 9.80 Å². The SMILES string of the molecule is Cc1cc2c(c(C)c1C)N1c3c(cccc3C2(C)C)N(C)[C@H]1C. The Kier molecular flexibility index (Phi) is 2.74. The van der Waals surface area contributed by atoms with Crippen LogP contribution in [0.3, 0.4) is 0 Å². The molecule has 23 heavy (non-hydrogen) atoms. The van der Waals surface area contributed by atoms with Crippen molar-refractivity contribution in [2.24, 2.45) is 0 Å². The summed E-state index contributed by atoms with van der Waals surface area (Å²) in [5.41, 5.74) is 11.4. The molecule has 0 radical (unpaired) electrons. The second-order valence-electron chi connectivity index (χ2n) is 7.75. The van der Waals surface area contributed by atoms with Gasteiger partial charge in [-0.25, -0.2) is 0 Å². The van der Waals surface area contributed by atoms with E-state index in [1.165, 1.54) is 44.9 Å². The summed E-state index contributed by atoms with van der Waals surface area (Å²) in [5, 5.41) is 0. The minimum Gasteiger partial charge on any atom is -0.353 e. The van der Waals surface area contributed by atoms with Crippen LogP contribution in [0.25, 0.3) is 0 Å². The summed E-state index contributed by atoms with van der Waals surface area (Å²) in [7, 11) is 2.21. The normalized spacial score (nSPS) is 20.6.